The maximum absolute atomic E-state index is 13.6. The summed E-state index contributed by atoms with van der Waals surface area (Å²) >= 11 is 0. The fraction of sp³-hybridized carbons (Fsp3) is 0.619. The van der Waals surface area contributed by atoms with Crippen LogP contribution in [-0.4, -0.2) is 47.0 Å². The molecule has 174 valence electrons. The molecule has 32 heavy (non-hydrogen) atoms. The number of nitriles is 1. The van der Waals surface area contributed by atoms with Crippen LogP contribution in [0.1, 0.15) is 24.9 Å². The molecule has 0 saturated carbocycles. The third-order valence-electron chi connectivity index (χ3n) is 5.77. The van der Waals surface area contributed by atoms with E-state index >= 15 is 0 Å². The molecule has 2 aromatic rings. The van der Waals surface area contributed by atoms with Gasteiger partial charge in [0.2, 0.25) is 5.82 Å². The summed E-state index contributed by atoms with van der Waals surface area (Å²) < 4.78 is 47.3. The Balaban J connectivity index is 1.94. The molecule has 0 aromatic carbocycles. The summed E-state index contributed by atoms with van der Waals surface area (Å²) in [4.78, 5) is 6.48. The molecular formula is C21H29F3N6OSi. The fourth-order valence-electron chi connectivity index (χ4n) is 3.77. The van der Waals surface area contributed by atoms with Gasteiger partial charge >= 0.3 is 6.18 Å². The molecule has 2 aromatic heterocycles. The molecule has 7 nitrogen and oxygen atoms in total. The van der Waals surface area contributed by atoms with Gasteiger partial charge in [-0.3, -0.25) is 9.55 Å². The average molecular weight is 467 g/mol. The molecule has 2 atom stereocenters. The molecule has 2 unspecified atom stereocenters. The van der Waals surface area contributed by atoms with E-state index in [2.05, 4.69) is 45.8 Å². The van der Waals surface area contributed by atoms with E-state index in [1.807, 2.05) is 13.8 Å². The van der Waals surface area contributed by atoms with Crippen molar-refractivity contribution in [3.8, 4) is 17.5 Å². The number of aromatic nitrogens is 4. The van der Waals surface area contributed by atoms with Gasteiger partial charge in [-0.05, 0) is 32.4 Å². The smallest absolute Gasteiger partial charge is 0.366 e. The summed E-state index contributed by atoms with van der Waals surface area (Å²) in [6.07, 6.45) is -2.41. The minimum Gasteiger partial charge on any atom is -0.366 e. The Kier molecular flexibility index (Phi) is 6.95. The summed E-state index contributed by atoms with van der Waals surface area (Å²) in [5.74, 6) is -1.14. The fourth-order valence-corrected chi connectivity index (χ4v) is 4.53. The van der Waals surface area contributed by atoms with E-state index in [4.69, 9.17) is 4.74 Å². The molecule has 3 heterocycles. The average Bonchev–Trinajstić information content (AvgIpc) is 3.28. The van der Waals surface area contributed by atoms with Crippen molar-refractivity contribution in [2.45, 2.75) is 64.9 Å². The summed E-state index contributed by atoms with van der Waals surface area (Å²) in [6.45, 7) is 11.1. The van der Waals surface area contributed by atoms with Gasteiger partial charge in [-0.15, -0.1) is 10.2 Å². The second kappa shape index (κ2) is 9.19. The first-order valence-electron chi connectivity index (χ1n) is 10.6. The number of ether oxygens (including phenoxy) is 1. The summed E-state index contributed by atoms with van der Waals surface area (Å²) in [6, 6.07) is 4.93. The van der Waals surface area contributed by atoms with Crippen molar-refractivity contribution in [2.75, 3.05) is 18.1 Å². The van der Waals surface area contributed by atoms with Crippen LogP contribution in [0.3, 0.4) is 0 Å². The van der Waals surface area contributed by atoms with E-state index in [0.717, 1.165) is 28.4 Å². The van der Waals surface area contributed by atoms with Crippen LogP contribution in [0, 0.1) is 24.2 Å². The molecule has 0 spiro atoms. The molecular weight excluding hydrogens is 437 g/mol. The normalized spacial score (nSPS) is 19.4. The van der Waals surface area contributed by atoms with Gasteiger partial charge in [0.25, 0.3) is 0 Å². The van der Waals surface area contributed by atoms with E-state index in [0.29, 0.717) is 18.7 Å². The van der Waals surface area contributed by atoms with Crippen LogP contribution in [0.4, 0.5) is 18.9 Å². The summed E-state index contributed by atoms with van der Waals surface area (Å²) in [5.41, 5.74) is 1.96. The number of nitrogens with zero attached hydrogens (tertiary/aromatic N) is 6. The summed E-state index contributed by atoms with van der Waals surface area (Å²) in [7, 11) is -1.38. The molecule has 0 radical (unpaired) electrons. The van der Waals surface area contributed by atoms with Crippen molar-refractivity contribution in [3.05, 3.63) is 23.8 Å². The number of anilines is 1. The molecule has 11 heteroatoms. The Morgan fingerprint density at radius 2 is 2.00 bits per heavy atom. The van der Waals surface area contributed by atoms with Gasteiger partial charge in [0, 0.05) is 39.0 Å². The SMILES string of the molecule is Cc1ncc(-c2nnc(C(F)(F)F)n2COCC[Si](C)(C)C)cc1N1CCC(C#N)C1C. The molecule has 1 fully saturated rings. The van der Waals surface area contributed by atoms with Gasteiger partial charge in [-0.25, -0.2) is 0 Å². The highest BCUT2D eigenvalue weighted by Gasteiger charge is 2.39. The Labute approximate surface area is 187 Å². The van der Waals surface area contributed by atoms with Crippen molar-refractivity contribution < 1.29 is 17.9 Å². The molecule has 1 aliphatic rings. The van der Waals surface area contributed by atoms with Crippen LogP contribution < -0.4 is 4.90 Å². The number of hydrogen-bond acceptors (Lipinski definition) is 6. The lowest BCUT2D eigenvalue weighted by Gasteiger charge is -2.26. The third-order valence-corrected chi connectivity index (χ3v) is 7.47. The van der Waals surface area contributed by atoms with Crippen LogP contribution in [0.15, 0.2) is 12.3 Å². The Morgan fingerprint density at radius 3 is 2.59 bits per heavy atom. The lowest BCUT2D eigenvalue weighted by atomic mass is 10.0. The van der Waals surface area contributed by atoms with E-state index in [-0.39, 0.29) is 24.5 Å². The third kappa shape index (κ3) is 5.30. The van der Waals surface area contributed by atoms with Gasteiger partial charge in [0.05, 0.1) is 23.4 Å². The van der Waals surface area contributed by atoms with Gasteiger partial charge in [0.1, 0.15) is 6.73 Å². The van der Waals surface area contributed by atoms with Crippen molar-refractivity contribution >= 4 is 13.8 Å². The highest BCUT2D eigenvalue weighted by molar-refractivity contribution is 6.76. The van der Waals surface area contributed by atoms with Gasteiger partial charge in [-0.2, -0.15) is 18.4 Å². The molecule has 1 aliphatic heterocycles. The highest BCUT2D eigenvalue weighted by Crippen LogP contribution is 2.35. The van der Waals surface area contributed by atoms with E-state index < -0.39 is 20.1 Å². The number of pyridine rings is 1. The molecule has 0 bridgehead atoms. The number of alkyl halides is 3. The molecule has 0 N–H and O–H groups in total. The van der Waals surface area contributed by atoms with Crippen LogP contribution in [0.5, 0.6) is 0 Å². The molecule has 0 aliphatic carbocycles. The zero-order valence-electron chi connectivity index (χ0n) is 19.1. The summed E-state index contributed by atoms with van der Waals surface area (Å²) in [5, 5.41) is 16.6. The second-order valence-corrected chi connectivity index (χ2v) is 15.0. The second-order valence-electron chi connectivity index (χ2n) is 9.41. The van der Waals surface area contributed by atoms with E-state index in [1.165, 1.54) is 6.20 Å². The number of rotatable bonds is 7. The highest BCUT2D eigenvalue weighted by atomic mass is 28.3. The maximum atomic E-state index is 13.6. The van der Waals surface area contributed by atoms with E-state index in [1.54, 1.807) is 6.07 Å². The first-order chi connectivity index (χ1) is 14.9. The minimum absolute atomic E-state index is 0.00995. The van der Waals surface area contributed by atoms with Crippen LogP contribution in [-0.2, 0) is 17.6 Å². The Hall–Kier alpha value is -2.45. The first-order valence-corrected chi connectivity index (χ1v) is 14.3. The predicted molar refractivity (Wildman–Crippen MR) is 118 cm³/mol. The largest absolute Gasteiger partial charge is 0.451 e. The lowest BCUT2D eigenvalue weighted by Crippen LogP contribution is -2.30. The lowest BCUT2D eigenvalue weighted by molar-refractivity contribution is -0.149. The Morgan fingerprint density at radius 1 is 1.28 bits per heavy atom. The van der Waals surface area contributed by atoms with E-state index in [9.17, 15) is 18.4 Å². The van der Waals surface area contributed by atoms with Gasteiger partial charge < -0.3 is 9.64 Å². The van der Waals surface area contributed by atoms with Crippen molar-refractivity contribution in [2.24, 2.45) is 5.92 Å². The van der Waals surface area contributed by atoms with Crippen LogP contribution in [0.2, 0.25) is 25.7 Å². The number of hydrogen-bond donors (Lipinski definition) is 0. The molecule has 1 saturated heterocycles. The molecule has 3 rings (SSSR count). The zero-order chi connectivity index (χ0) is 23.7. The van der Waals surface area contributed by atoms with Crippen LogP contribution >= 0.6 is 0 Å². The van der Waals surface area contributed by atoms with Crippen LogP contribution in [0.25, 0.3) is 11.4 Å². The maximum Gasteiger partial charge on any atom is 0.451 e. The Bertz CT molecular complexity index is 995. The monoisotopic (exact) mass is 466 g/mol. The number of halogens is 3. The van der Waals surface area contributed by atoms with Gasteiger partial charge in [0.15, 0.2) is 5.82 Å². The van der Waals surface area contributed by atoms with Gasteiger partial charge in [-0.1, -0.05) is 19.6 Å². The van der Waals surface area contributed by atoms with Crippen molar-refractivity contribution in [3.63, 3.8) is 0 Å². The quantitative estimate of drug-likeness (QED) is 0.434. The predicted octanol–water partition coefficient (Wildman–Crippen LogP) is 4.72. The standard InChI is InChI=1S/C21H29F3N6OSi/c1-14-18(29-7-6-16(11-25)15(29)2)10-17(12-26-14)19-27-28-20(21(22,23)24)30(19)13-31-8-9-32(3,4)5/h10,12,15-16H,6-9,13H2,1-5H3. The minimum atomic E-state index is -4.65. The zero-order valence-corrected chi connectivity index (χ0v) is 20.1. The first kappa shape index (κ1) is 24.2. The number of aryl methyl sites for hydroxylation is 1. The van der Waals surface area contributed by atoms with Crippen molar-refractivity contribution in [1.29, 1.82) is 5.26 Å². The molecule has 0 amide bonds. The van der Waals surface area contributed by atoms with Crippen molar-refractivity contribution in [1.82, 2.24) is 19.7 Å². The topological polar surface area (TPSA) is 79.9 Å².